The number of hydrogen-bond acceptors (Lipinski definition) is 4. The van der Waals surface area contributed by atoms with Crippen LogP contribution in [0, 0.1) is 15.9 Å². The van der Waals surface area contributed by atoms with E-state index >= 15 is 0 Å². The first-order valence-electron chi connectivity index (χ1n) is 5.24. The van der Waals surface area contributed by atoms with Gasteiger partial charge in [0.25, 0.3) is 5.91 Å². The Morgan fingerprint density at radius 3 is 2.68 bits per heavy atom. The molecule has 0 aliphatic heterocycles. The maximum atomic E-state index is 13.3. The molecule has 0 spiro atoms. The van der Waals surface area contributed by atoms with Crippen molar-refractivity contribution in [2.45, 2.75) is 0 Å². The van der Waals surface area contributed by atoms with Gasteiger partial charge >= 0.3 is 5.69 Å². The number of hydrogen-bond donors (Lipinski definition) is 1. The van der Waals surface area contributed by atoms with Crippen LogP contribution in [0.25, 0.3) is 0 Å². The average molecular weight is 261 g/mol. The molecule has 1 aromatic heterocycles. The smallest absolute Gasteiger partial charge is 0.304 e. The van der Waals surface area contributed by atoms with Gasteiger partial charge in [0.05, 0.1) is 4.92 Å². The number of nitro groups is 1. The zero-order valence-electron chi connectivity index (χ0n) is 9.54. The molecule has 1 amide bonds. The largest absolute Gasteiger partial charge is 0.321 e. The van der Waals surface area contributed by atoms with Gasteiger partial charge in [0.15, 0.2) is 0 Å². The van der Waals surface area contributed by atoms with E-state index in [2.05, 4.69) is 10.3 Å². The lowest BCUT2D eigenvalue weighted by Gasteiger charge is -2.04. The summed E-state index contributed by atoms with van der Waals surface area (Å²) >= 11 is 0. The molecule has 0 bridgehead atoms. The third-order valence-electron chi connectivity index (χ3n) is 2.30. The van der Waals surface area contributed by atoms with Gasteiger partial charge in [-0.2, -0.15) is 4.39 Å². The van der Waals surface area contributed by atoms with Crippen molar-refractivity contribution < 1.29 is 14.1 Å². The Kier molecular flexibility index (Phi) is 3.46. The minimum Gasteiger partial charge on any atom is -0.321 e. The number of carbonyl (C=O) groups excluding carboxylic acids is 1. The number of nitrogens with one attached hydrogen (secondary N) is 1. The molecule has 96 valence electrons. The van der Waals surface area contributed by atoms with Gasteiger partial charge in [0.2, 0.25) is 5.82 Å². The Labute approximate surface area is 107 Å². The molecule has 19 heavy (non-hydrogen) atoms. The molecule has 0 atom stereocenters. The highest BCUT2D eigenvalue weighted by Crippen LogP contribution is 2.21. The number of benzene rings is 1. The molecule has 0 unspecified atom stereocenters. The molecule has 6 nitrogen and oxygen atoms in total. The van der Waals surface area contributed by atoms with E-state index in [-0.39, 0.29) is 11.4 Å². The van der Waals surface area contributed by atoms with E-state index in [1.807, 2.05) is 0 Å². The number of amides is 1. The number of anilines is 1. The summed E-state index contributed by atoms with van der Waals surface area (Å²) < 4.78 is 13.3. The van der Waals surface area contributed by atoms with Crippen LogP contribution in [0.1, 0.15) is 10.5 Å². The minimum absolute atomic E-state index is 0.124. The van der Waals surface area contributed by atoms with Crippen molar-refractivity contribution in [3.63, 3.8) is 0 Å². The van der Waals surface area contributed by atoms with Crippen LogP contribution in [0.15, 0.2) is 42.6 Å². The van der Waals surface area contributed by atoms with Gasteiger partial charge in [-0.1, -0.05) is 6.07 Å². The minimum atomic E-state index is -1.01. The second-order valence-electron chi connectivity index (χ2n) is 3.59. The third-order valence-corrected chi connectivity index (χ3v) is 2.30. The molecular weight excluding hydrogens is 253 g/mol. The summed E-state index contributed by atoms with van der Waals surface area (Å²) in [7, 11) is 0. The fraction of sp³-hybridized carbons (Fsp3) is 0. The number of carbonyl (C=O) groups is 1. The highest BCUT2D eigenvalue weighted by molar-refractivity contribution is 6.02. The summed E-state index contributed by atoms with van der Waals surface area (Å²) in [5.41, 5.74) is -0.351. The molecule has 0 radical (unpaired) electrons. The fourth-order valence-corrected chi connectivity index (χ4v) is 1.42. The Morgan fingerprint density at radius 2 is 2.11 bits per heavy atom. The van der Waals surface area contributed by atoms with Crippen LogP contribution in [0.2, 0.25) is 0 Å². The Bertz CT molecular complexity index is 631. The van der Waals surface area contributed by atoms with Crippen LogP contribution >= 0.6 is 0 Å². The van der Waals surface area contributed by atoms with Crippen molar-refractivity contribution in [3.8, 4) is 0 Å². The predicted molar refractivity (Wildman–Crippen MR) is 65.2 cm³/mol. The molecule has 0 aliphatic carbocycles. The first-order valence-corrected chi connectivity index (χ1v) is 5.24. The predicted octanol–water partition coefficient (Wildman–Crippen LogP) is 2.38. The molecule has 0 saturated carbocycles. The van der Waals surface area contributed by atoms with E-state index in [4.69, 9.17) is 0 Å². The molecule has 0 aliphatic rings. The summed E-state index contributed by atoms with van der Waals surface area (Å²) in [6, 6.07) is 7.92. The highest BCUT2D eigenvalue weighted by atomic mass is 19.1. The number of rotatable bonds is 3. The Morgan fingerprint density at radius 1 is 1.32 bits per heavy atom. The van der Waals surface area contributed by atoms with E-state index in [1.54, 1.807) is 12.1 Å². The molecular formula is C12H8FN3O3. The van der Waals surface area contributed by atoms with E-state index in [0.29, 0.717) is 0 Å². The van der Waals surface area contributed by atoms with E-state index in [9.17, 15) is 19.3 Å². The van der Waals surface area contributed by atoms with Gasteiger partial charge in [0.1, 0.15) is 5.69 Å². The summed E-state index contributed by atoms with van der Waals surface area (Å²) in [6.45, 7) is 0. The lowest BCUT2D eigenvalue weighted by Crippen LogP contribution is -2.13. The normalized spacial score (nSPS) is 9.95. The lowest BCUT2D eigenvalue weighted by atomic mass is 10.2. The van der Waals surface area contributed by atoms with Gasteiger partial charge in [0, 0.05) is 24.0 Å². The molecule has 2 rings (SSSR count). The second kappa shape index (κ2) is 5.21. The summed E-state index contributed by atoms with van der Waals surface area (Å²) in [4.78, 5) is 25.2. The van der Waals surface area contributed by atoms with Crippen molar-refractivity contribution in [1.82, 2.24) is 4.98 Å². The van der Waals surface area contributed by atoms with Crippen LogP contribution < -0.4 is 5.32 Å². The molecule has 1 aromatic carbocycles. The van der Waals surface area contributed by atoms with Crippen LogP contribution in [-0.4, -0.2) is 15.8 Å². The van der Waals surface area contributed by atoms with Crippen molar-refractivity contribution in [3.05, 3.63) is 64.2 Å². The van der Waals surface area contributed by atoms with E-state index < -0.39 is 22.3 Å². The maximum Gasteiger partial charge on any atom is 0.304 e. The van der Waals surface area contributed by atoms with Gasteiger partial charge in [-0.3, -0.25) is 19.9 Å². The topological polar surface area (TPSA) is 85.1 Å². The lowest BCUT2D eigenvalue weighted by molar-refractivity contribution is -0.387. The first kappa shape index (κ1) is 12.6. The molecule has 1 N–H and O–H groups in total. The van der Waals surface area contributed by atoms with Crippen LogP contribution in [-0.2, 0) is 0 Å². The van der Waals surface area contributed by atoms with Gasteiger partial charge < -0.3 is 5.32 Å². The molecule has 1 heterocycles. The Balaban J connectivity index is 2.19. The first-order chi connectivity index (χ1) is 9.08. The van der Waals surface area contributed by atoms with Crippen molar-refractivity contribution >= 4 is 17.3 Å². The monoisotopic (exact) mass is 261 g/mol. The van der Waals surface area contributed by atoms with Crippen molar-refractivity contribution in [1.29, 1.82) is 0 Å². The zero-order valence-corrected chi connectivity index (χ0v) is 9.54. The SMILES string of the molecule is O=C(Nc1ccc([N+](=O)[O-])c(F)c1)c1ccccn1. The van der Waals surface area contributed by atoms with Crippen LogP contribution in [0.5, 0.6) is 0 Å². The summed E-state index contributed by atoms with van der Waals surface area (Å²) in [5, 5.41) is 12.8. The molecule has 0 saturated heterocycles. The fourth-order valence-electron chi connectivity index (χ4n) is 1.42. The van der Waals surface area contributed by atoms with Crippen molar-refractivity contribution in [2.75, 3.05) is 5.32 Å². The third kappa shape index (κ3) is 2.89. The average Bonchev–Trinajstić information content (AvgIpc) is 2.39. The molecule has 0 fully saturated rings. The maximum absolute atomic E-state index is 13.3. The zero-order chi connectivity index (χ0) is 13.8. The number of halogens is 1. The summed E-state index contributed by atoms with van der Waals surface area (Å²) in [6.07, 6.45) is 1.45. The molecule has 7 heteroatoms. The number of nitro benzene ring substituents is 1. The van der Waals surface area contributed by atoms with Gasteiger partial charge in [-0.05, 0) is 18.2 Å². The number of aromatic nitrogens is 1. The van der Waals surface area contributed by atoms with Gasteiger partial charge in [-0.15, -0.1) is 0 Å². The number of nitrogens with zero attached hydrogens (tertiary/aromatic N) is 2. The van der Waals surface area contributed by atoms with E-state index in [0.717, 1.165) is 12.1 Å². The quantitative estimate of drug-likeness (QED) is 0.679. The number of pyridine rings is 1. The van der Waals surface area contributed by atoms with Crippen molar-refractivity contribution in [2.24, 2.45) is 0 Å². The van der Waals surface area contributed by atoms with Gasteiger partial charge in [-0.25, -0.2) is 0 Å². The molecule has 2 aromatic rings. The van der Waals surface area contributed by atoms with E-state index in [1.165, 1.54) is 18.3 Å². The Hall–Kier alpha value is -2.83. The van der Waals surface area contributed by atoms with Crippen LogP contribution in [0.3, 0.4) is 0 Å². The highest BCUT2D eigenvalue weighted by Gasteiger charge is 2.15. The summed E-state index contributed by atoms with van der Waals surface area (Å²) in [5.74, 6) is -1.53. The van der Waals surface area contributed by atoms with Crippen LogP contribution in [0.4, 0.5) is 15.8 Å². The standard InChI is InChI=1S/C12H8FN3O3/c13-9-7-8(4-5-11(9)16(18)19)15-12(17)10-3-1-2-6-14-10/h1-7H,(H,15,17). The second-order valence-corrected chi connectivity index (χ2v) is 3.59.